The Hall–Kier alpha value is -2.80. The van der Waals surface area contributed by atoms with Gasteiger partial charge in [0.1, 0.15) is 5.76 Å². The van der Waals surface area contributed by atoms with Crippen molar-refractivity contribution < 1.29 is 14.0 Å². The summed E-state index contributed by atoms with van der Waals surface area (Å²) in [7, 11) is 0. The van der Waals surface area contributed by atoms with Gasteiger partial charge in [-0.3, -0.25) is 9.59 Å². The van der Waals surface area contributed by atoms with E-state index in [9.17, 15) is 9.59 Å². The lowest BCUT2D eigenvalue weighted by molar-refractivity contribution is -0.128. The van der Waals surface area contributed by atoms with Crippen LogP contribution in [0.3, 0.4) is 0 Å². The van der Waals surface area contributed by atoms with Crippen molar-refractivity contribution in [3.05, 3.63) is 47.9 Å². The van der Waals surface area contributed by atoms with Crippen LogP contribution >= 0.6 is 0 Å². The molecule has 2 aliphatic rings. The molecule has 1 atom stereocenters. The van der Waals surface area contributed by atoms with Gasteiger partial charge in [-0.1, -0.05) is 6.92 Å². The number of benzene rings is 1. The number of carbonyl (C=O) groups is 2. The Morgan fingerprint density at radius 3 is 2.67 bits per heavy atom. The maximum Gasteiger partial charge on any atom is 0.229 e. The van der Waals surface area contributed by atoms with E-state index in [0.29, 0.717) is 13.1 Å². The van der Waals surface area contributed by atoms with Gasteiger partial charge in [0.05, 0.1) is 18.7 Å². The van der Waals surface area contributed by atoms with E-state index in [0.717, 1.165) is 49.7 Å². The summed E-state index contributed by atoms with van der Waals surface area (Å²) in [6.07, 6.45) is 1.83. The number of nitrogens with one attached hydrogen (secondary N) is 1. The van der Waals surface area contributed by atoms with E-state index in [1.165, 1.54) is 5.69 Å². The Morgan fingerprint density at radius 1 is 1.20 bits per heavy atom. The first kappa shape index (κ1) is 20.5. The largest absolute Gasteiger partial charge is 0.467 e. The Morgan fingerprint density at radius 2 is 2.00 bits per heavy atom. The quantitative estimate of drug-likeness (QED) is 0.793. The van der Waals surface area contributed by atoms with E-state index >= 15 is 0 Å². The number of likely N-dealkylation sites (tertiary alicyclic amines) is 1. The molecule has 1 N–H and O–H groups in total. The van der Waals surface area contributed by atoms with Gasteiger partial charge < -0.3 is 24.4 Å². The Balaban J connectivity index is 1.35. The third-order valence-corrected chi connectivity index (χ3v) is 6.16. The molecule has 2 aromatic rings. The van der Waals surface area contributed by atoms with E-state index in [2.05, 4.69) is 34.2 Å². The van der Waals surface area contributed by atoms with E-state index in [-0.39, 0.29) is 24.2 Å². The SMILES string of the molecule is CCN1CCN(c2ccc(NC(=O)C3CC(=O)N(Cc4ccco4)C3)c(C)c2)CC1. The number of aryl methyl sites for hydroxylation is 1. The van der Waals surface area contributed by atoms with Crippen molar-refractivity contribution in [1.29, 1.82) is 0 Å². The summed E-state index contributed by atoms with van der Waals surface area (Å²) in [5, 5.41) is 3.03. The highest BCUT2D eigenvalue weighted by atomic mass is 16.3. The second-order valence-electron chi connectivity index (χ2n) is 8.16. The molecule has 0 spiro atoms. The van der Waals surface area contributed by atoms with Crippen molar-refractivity contribution in [2.24, 2.45) is 5.92 Å². The number of piperazine rings is 1. The summed E-state index contributed by atoms with van der Waals surface area (Å²) < 4.78 is 5.32. The molecule has 0 aliphatic carbocycles. The number of nitrogens with zero attached hydrogens (tertiary/aromatic N) is 3. The summed E-state index contributed by atoms with van der Waals surface area (Å²) >= 11 is 0. The summed E-state index contributed by atoms with van der Waals surface area (Å²) in [5.41, 5.74) is 3.05. The van der Waals surface area contributed by atoms with Crippen molar-refractivity contribution >= 4 is 23.2 Å². The van der Waals surface area contributed by atoms with Crippen LogP contribution in [0.4, 0.5) is 11.4 Å². The van der Waals surface area contributed by atoms with Crippen LogP contribution in [0.1, 0.15) is 24.7 Å². The molecule has 2 fully saturated rings. The van der Waals surface area contributed by atoms with Crippen LogP contribution in [0.25, 0.3) is 0 Å². The lowest BCUT2D eigenvalue weighted by Crippen LogP contribution is -2.46. The molecule has 0 bridgehead atoms. The fourth-order valence-corrected chi connectivity index (χ4v) is 4.23. The molecule has 4 rings (SSSR count). The second-order valence-corrected chi connectivity index (χ2v) is 8.16. The third-order valence-electron chi connectivity index (χ3n) is 6.16. The van der Waals surface area contributed by atoms with Crippen LogP contribution in [-0.2, 0) is 16.1 Å². The molecule has 1 unspecified atom stereocenters. The van der Waals surface area contributed by atoms with E-state index in [1.54, 1.807) is 17.2 Å². The lowest BCUT2D eigenvalue weighted by atomic mass is 10.1. The lowest BCUT2D eigenvalue weighted by Gasteiger charge is -2.35. The molecule has 1 aromatic heterocycles. The molecule has 0 radical (unpaired) electrons. The number of carbonyl (C=O) groups excluding carboxylic acids is 2. The smallest absolute Gasteiger partial charge is 0.229 e. The van der Waals surface area contributed by atoms with Gasteiger partial charge in [0.2, 0.25) is 11.8 Å². The number of likely N-dealkylation sites (N-methyl/N-ethyl adjacent to an activating group) is 1. The number of hydrogen-bond acceptors (Lipinski definition) is 5. The zero-order chi connectivity index (χ0) is 21.1. The van der Waals surface area contributed by atoms with Crippen molar-refractivity contribution in [3.63, 3.8) is 0 Å². The average Bonchev–Trinajstić information content (AvgIpc) is 3.40. The van der Waals surface area contributed by atoms with Crippen LogP contribution in [0.15, 0.2) is 41.0 Å². The standard InChI is InChI=1S/C23H30N4O3/c1-3-25-8-10-26(11-9-25)19-6-7-21(17(2)13-19)24-23(29)18-14-22(28)27(15-18)16-20-5-4-12-30-20/h4-7,12-13,18H,3,8-11,14-16H2,1-2H3,(H,24,29). The van der Waals surface area contributed by atoms with Gasteiger partial charge in [-0.15, -0.1) is 0 Å². The topological polar surface area (TPSA) is 69.0 Å². The van der Waals surface area contributed by atoms with Crippen molar-refractivity contribution in [2.45, 2.75) is 26.8 Å². The van der Waals surface area contributed by atoms with Crippen molar-refractivity contribution in [1.82, 2.24) is 9.80 Å². The van der Waals surface area contributed by atoms with Crippen molar-refractivity contribution in [3.8, 4) is 0 Å². The zero-order valence-electron chi connectivity index (χ0n) is 17.8. The zero-order valence-corrected chi connectivity index (χ0v) is 17.8. The molecular formula is C23H30N4O3. The number of amides is 2. The number of rotatable bonds is 6. The molecule has 3 heterocycles. The van der Waals surface area contributed by atoms with Gasteiger partial charge in [-0.25, -0.2) is 0 Å². The molecule has 0 saturated carbocycles. The minimum atomic E-state index is -0.339. The molecule has 1 aromatic carbocycles. The first-order valence-corrected chi connectivity index (χ1v) is 10.7. The van der Waals surface area contributed by atoms with Gasteiger partial charge in [-0.05, 0) is 49.4 Å². The predicted molar refractivity (Wildman–Crippen MR) is 116 cm³/mol. The minimum Gasteiger partial charge on any atom is -0.467 e. The Labute approximate surface area is 177 Å². The molecular weight excluding hydrogens is 380 g/mol. The van der Waals surface area contributed by atoms with Crippen LogP contribution < -0.4 is 10.2 Å². The van der Waals surface area contributed by atoms with Gasteiger partial charge in [-0.2, -0.15) is 0 Å². The normalized spacial score (nSPS) is 20.1. The summed E-state index contributed by atoms with van der Waals surface area (Å²) in [4.78, 5) is 31.6. The highest BCUT2D eigenvalue weighted by Gasteiger charge is 2.34. The molecule has 2 saturated heterocycles. The maximum atomic E-state index is 12.8. The number of furan rings is 1. The average molecular weight is 411 g/mol. The number of hydrogen-bond donors (Lipinski definition) is 1. The van der Waals surface area contributed by atoms with Crippen LogP contribution in [0.2, 0.25) is 0 Å². The highest BCUT2D eigenvalue weighted by molar-refractivity contribution is 5.97. The summed E-state index contributed by atoms with van der Waals surface area (Å²) in [5.74, 6) is 0.284. The molecule has 7 heteroatoms. The first-order chi connectivity index (χ1) is 14.5. The Bertz CT molecular complexity index is 888. The number of anilines is 2. The summed E-state index contributed by atoms with van der Waals surface area (Å²) in [6.45, 7) is 10.4. The minimum absolute atomic E-state index is 0.00941. The molecule has 160 valence electrons. The Kier molecular flexibility index (Phi) is 6.08. The summed E-state index contributed by atoms with van der Waals surface area (Å²) in [6, 6.07) is 9.84. The van der Waals surface area contributed by atoms with Crippen LogP contribution in [0, 0.1) is 12.8 Å². The molecule has 2 amide bonds. The van der Waals surface area contributed by atoms with E-state index < -0.39 is 0 Å². The van der Waals surface area contributed by atoms with Gasteiger partial charge >= 0.3 is 0 Å². The maximum absolute atomic E-state index is 12.8. The second kappa shape index (κ2) is 8.92. The van der Waals surface area contributed by atoms with Crippen LogP contribution in [0.5, 0.6) is 0 Å². The fourth-order valence-electron chi connectivity index (χ4n) is 4.23. The van der Waals surface area contributed by atoms with Gasteiger partial charge in [0.15, 0.2) is 0 Å². The van der Waals surface area contributed by atoms with E-state index in [4.69, 9.17) is 4.42 Å². The van der Waals surface area contributed by atoms with Crippen LogP contribution in [-0.4, -0.2) is 60.9 Å². The van der Waals surface area contributed by atoms with Gasteiger partial charge in [0.25, 0.3) is 0 Å². The third kappa shape index (κ3) is 4.51. The predicted octanol–water partition coefficient (Wildman–Crippen LogP) is 2.72. The van der Waals surface area contributed by atoms with E-state index in [1.807, 2.05) is 19.1 Å². The van der Waals surface area contributed by atoms with Crippen molar-refractivity contribution in [2.75, 3.05) is 49.5 Å². The fraction of sp³-hybridized carbons (Fsp3) is 0.478. The first-order valence-electron chi connectivity index (χ1n) is 10.7. The molecule has 2 aliphatic heterocycles. The monoisotopic (exact) mass is 410 g/mol. The molecule has 30 heavy (non-hydrogen) atoms. The highest BCUT2D eigenvalue weighted by Crippen LogP contribution is 2.26. The van der Waals surface area contributed by atoms with Gasteiger partial charge in [0, 0.05) is 50.5 Å². The molecule has 7 nitrogen and oxygen atoms in total.